The van der Waals surface area contributed by atoms with Crippen molar-refractivity contribution in [2.24, 2.45) is 4.99 Å². The minimum absolute atomic E-state index is 0.0564. The molecule has 2 rings (SSSR count). The number of benzene rings is 2. The zero-order chi connectivity index (χ0) is 22.6. The Morgan fingerprint density at radius 1 is 1.10 bits per heavy atom. The van der Waals surface area contributed by atoms with Gasteiger partial charge in [-0.05, 0) is 43.2 Å². The normalized spacial score (nSPS) is 11.1. The van der Waals surface area contributed by atoms with Gasteiger partial charge < -0.3 is 25.0 Å². The summed E-state index contributed by atoms with van der Waals surface area (Å²) in [5, 5.41) is 6.74. The SMILES string of the molecule is CCNC(=O)COc1ccc(CN=C(NCC)N(C)Cc2ccccc2Cl)cc1OC. The Morgan fingerprint density at radius 2 is 1.84 bits per heavy atom. The predicted octanol–water partition coefficient (Wildman–Crippen LogP) is 3.46. The second-order valence-electron chi connectivity index (χ2n) is 6.85. The number of ether oxygens (including phenoxy) is 2. The van der Waals surface area contributed by atoms with Crippen LogP contribution in [0.4, 0.5) is 0 Å². The molecule has 0 unspecified atom stereocenters. The summed E-state index contributed by atoms with van der Waals surface area (Å²) in [6.45, 7) is 6.25. The lowest BCUT2D eigenvalue weighted by atomic mass is 10.2. The van der Waals surface area contributed by atoms with E-state index >= 15 is 0 Å². The highest BCUT2D eigenvalue weighted by Crippen LogP contribution is 2.28. The van der Waals surface area contributed by atoms with Gasteiger partial charge in [0.25, 0.3) is 5.91 Å². The first kappa shape index (κ1) is 24.3. The smallest absolute Gasteiger partial charge is 0.257 e. The first-order chi connectivity index (χ1) is 15.0. The maximum Gasteiger partial charge on any atom is 0.257 e. The van der Waals surface area contributed by atoms with E-state index in [0.717, 1.165) is 28.7 Å². The highest BCUT2D eigenvalue weighted by Gasteiger charge is 2.11. The van der Waals surface area contributed by atoms with Gasteiger partial charge in [-0.3, -0.25) is 4.79 Å². The molecule has 2 aromatic rings. The van der Waals surface area contributed by atoms with Crippen molar-refractivity contribution in [3.05, 3.63) is 58.6 Å². The molecular formula is C23H31ClN4O3. The molecule has 0 aliphatic heterocycles. The maximum absolute atomic E-state index is 11.6. The van der Waals surface area contributed by atoms with Crippen molar-refractivity contribution in [1.29, 1.82) is 0 Å². The fourth-order valence-electron chi connectivity index (χ4n) is 2.91. The Balaban J connectivity index is 2.09. The van der Waals surface area contributed by atoms with Gasteiger partial charge in [0.1, 0.15) is 0 Å². The molecule has 0 aliphatic carbocycles. The summed E-state index contributed by atoms with van der Waals surface area (Å²) in [6, 6.07) is 13.4. The van der Waals surface area contributed by atoms with Crippen LogP contribution in [0, 0.1) is 0 Å². The molecular weight excluding hydrogens is 416 g/mol. The molecule has 7 nitrogen and oxygen atoms in total. The van der Waals surface area contributed by atoms with Crippen LogP contribution in [0.1, 0.15) is 25.0 Å². The van der Waals surface area contributed by atoms with Crippen molar-refractivity contribution < 1.29 is 14.3 Å². The highest BCUT2D eigenvalue weighted by molar-refractivity contribution is 6.31. The summed E-state index contributed by atoms with van der Waals surface area (Å²) in [5.74, 6) is 1.68. The van der Waals surface area contributed by atoms with E-state index in [1.54, 1.807) is 13.2 Å². The summed E-state index contributed by atoms with van der Waals surface area (Å²) in [5.41, 5.74) is 2.00. The van der Waals surface area contributed by atoms with Crippen molar-refractivity contribution in [2.75, 3.05) is 33.9 Å². The zero-order valence-electron chi connectivity index (χ0n) is 18.6. The third-order valence-electron chi connectivity index (χ3n) is 4.43. The van der Waals surface area contributed by atoms with Crippen LogP contribution in [0.5, 0.6) is 11.5 Å². The van der Waals surface area contributed by atoms with Gasteiger partial charge in [-0.1, -0.05) is 35.9 Å². The Morgan fingerprint density at radius 3 is 2.52 bits per heavy atom. The number of likely N-dealkylation sites (N-methyl/N-ethyl adjacent to an activating group) is 1. The van der Waals surface area contributed by atoms with Gasteiger partial charge in [0.15, 0.2) is 24.1 Å². The molecule has 0 fully saturated rings. The molecule has 168 valence electrons. The van der Waals surface area contributed by atoms with E-state index in [9.17, 15) is 4.79 Å². The largest absolute Gasteiger partial charge is 0.493 e. The molecule has 2 N–H and O–H groups in total. The molecule has 0 bridgehead atoms. The lowest BCUT2D eigenvalue weighted by Crippen LogP contribution is -2.38. The van der Waals surface area contributed by atoms with Crippen LogP contribution in [0.3, 0.4) is 0 Å². The summed E-state index contributed by atoms with van der Waals surface area (Å²) in [7, 11) is 3.55. The topological polar surface area (TPSA) is 75.2 Å². The van der Waals surface area contributed by atoms with E-state index in [0.29, 0.717) is 31.1 Å². The van der Waals surface area contributed by atoms with E-state index in [1.807, 2.05) is 62.2 Å². The standard InChI is InChI=1S/C23H31ClN4O3/c1-5-25-22(29)16-31-20-12-11-17(13-21(20)30-4)14-27-23(26-6-2)28(3)15-18-9-7-8-10-19(18)24/h7-13H,5-6,14-16H2,1-4H3,(H,25,29)(H,26,27). The molecule has 0 saturated carbocycles. The Bertz CT molecular complexity index is 889. The number of methoxy groups -OCH3 is 1. The Hall–Kier alpha value is -2.93. The number of hydrogen-bond donors (Lipinski definition) is 2. The number of nitrogens with zero attached hydrogens (tertiary/aromatic N) is 2. The monoisotopic (exact) mass is 446 g/mol. The van der Waals surface area contributed by atoms with Crippen molar-refractivity contribution in [2.45, 2.75) is 26.9 Å². The Labute approximate surface area is 189 Å². The molecule has 0 aliphatic rings. The third-order valence-corrected chi connectivity index (χ3v) is 4.80. The van der Waals surface area contributed by atoms with Crippen molar-refractivity contribution in [3.8, 4) is 11.5 Å². The van der Waals surface area contributed by atoms with Gasteiger partial charge in [0.05, 0.1) is 13.7 Å². The van der Waals surface area contributed by atoms with Gasteiger partial charge in [-0.2, -0.15) is 0 Å². The fourth-order valence-corrected chi connectivity index (χ4v) is 3.11. The van der Waals surface area contributed by atoms with Crippen LogP contribution >= 0.6 is 11.6 Å². The van der Waals surface area contributed by atoms with Crippen LogP contribution in [0.2, 0.25) is 5.02 Å². The number of aliphatic imine (C=N–C) groups is 1. The number of amides is 1. The average Bonchev–Trinajstić information content (AvgIpc) is 2.77. The van der Waals surface area contributed by atoms with E-state index in [4.69, 9.17) is 26.1 Å². The maximum atomic E-state index is 11.6. The summed E-state index contributed by atoms with van der Waals surface area (Å²) >= 11 is 6.30. The molecule has 0 saturated heterocycles. The minimum Gasteiger partial charge on any atom is -0.493 e. The quantitative estimate of drug-likeness (QED) is 0.432. The van der Waals surface area contributed by atoms with Gasteiger partial charge in [-0.25, -0.2) is 4.99 Å². The molecule has 0 heterocycles. The summed E-state index contributed by atoms with van der Waals surface area (Å²) < 4.78 is 11.0. The molecule has 0 spiro atoms. The lowest BCUT2D eigenvalue weighted by molar-refractivity contribution is -0.123. The van der Waals surface area contributed by atoms with Crippen LogP contribution in [-0.4, -0.2) is 50.6 Å². The number of nitrogens with one attached hydrogen (secondary N) is 2. The van der Waals surface area contributed by atoms with Crippen molar-refractivity contribution in [3.63, 3.8) is 0 Å². The van der Waals surface area contributed by atoms with E-state index in [-0.39, 0.29) is 12.5 Å². The molecule has 1 amide bonds. The fraction of sp³-hybridized carbons (Fsp3) is 0.391. The summed E-state index contributed by atoms with van der Waals surface area (Å²) in [4.78, 5) is 18.4. The molecule has 0 radical (unpaired) electrons. The van der Waals surface area contributed by atoms with Gasteiger partial charge >= 0.3 is 0 Å². The van der Waals surface area contributed by atoms with Crippen LogP contribution in [-0.2, 0) is 17.9 Å². The van der Waals surface area contributed by atoms with Crippen LogP contribution in [0.25, 0.3) is 0 Å². The molecule has 2 aromatic carbocycles. The minimum atomic E-state index is -0.171. The number of hydrogen-bond acceptors (Lipinski definition) is 4. The van der Waals surface area contributed by atoms with Gasteiger partial charge in [0.2, 0.25) is 0 Å². The number of halogens is 1. The number of rotatable bonds is 10. The predicted molar refractivity (Wildman–Crippen MR) is 125 cm³/mol. The van der Waals surface area contributed by atoms with Crippen molar-refractivity contribution >= 4 is 23.5 Å². The lowest BCUT2D eigenvalue weighted by Gasteiger charge is -2.22. The number of carbonyl (C=O) groups is 1. The average molecular weight is 447 g/mol. The summed E-state index contributed by atoms with van der Waals surface area (Å²) in [6.07, 6.45) is 0. The zero-order valence-corrected chi connectivity index (χ0v) is 19.3. The van der Waals surface area contributed by atoms with Crippen molar-refractivity contribution in [1.82, 2.24) is 15.5 Å². The molecule has 0 atom stereocenters. The van der Waals surface area contributed by atoms with E-state index in [1.165, 1.54) is 0 Å². The first-order valence-electron chi connectivity index (χ1n) is 10.3. The molecule has 0 aromatic heterocycles. The highest BCUT2D eigenvalue weighted by atomic mass is 35.5. The van der Waals surface area contributed by atoms with Crippen LogP contribution < -0.4 is 20.1 Å². The Kier molecular flexibility index (Phi) is 9.97. The molecule has 8 heteroatoms. The number of guanidine groups is 1. The second-order valence-corrected chi connectivity index (χ2v) is 7.25. The van der Waals surface area contributed by atoms with Gasteiger partial charge in [-0.15, -0.1) is 0 Å². The van der Waals surface area contributed by atoms with E-state index in [2.05, 4.69) is 10.6 Å². The number of carbonyl (C=O) groups excluding carboxylic acids is 1. The molecule has 31 heavy (non-hydrogen) atoms. The van der Waals surface area contributed by atoms with E-state index < -0.39 is 0 Å². The third kappa shape index (κ3) is 7.68. The second kappa shape index (κ2) is 12.7. The van der Waals surface area contributed by atoms with Crippen LogP contribution in [0.15, 0.2) is 47.5 Å². The van der Waals surface area contributed by atoms with Gasteiger partial charge in [0, 0.05) is 31.7 Å². The first-order valence-corrected chi connectivity index (χ1v) is 10.7.